The van der Waals surface area contributed by atoms with Crippen LogP contribution in [0.1, 0.15) is 18.1 Å². The van der Waals surface area contributed by atoms with E-state index in [9.17, 15) is 0 Å². The van der Waals surface area contributed by atoms with E-state index >= 15 is 0 Å². The predicted octanol–water partition coefficient (Wildman–Crippen LogP) is 4.80. The van der Waals surface area contributed by atoms with Crippen LogP contribution in [-0.2, 0) is 6.42 Å². The molecule has 0 aliphatic carbocycles. The quantitative estimate of drug-likeness (QED) is 0.868. The van der Waals surface area contributed by atoms with Gasteiger partial charge in [0.15, 0.2) is 0 Å². The first-order valence-corrected chi connectivity index (χ1v) is 7.94. The van der Waals surface area contributed by atoms with Gasteiger partial charge in [-0.15, -0.1) is 0 Å². The van der Waals surface area contributed by atoms with Crippen molar-refractivity contribution >= 4 is 27.7 Å². The fraction of sp³-hybridized carbons (Fsp3) is 0.250. The van der Waals surface area contributed by atoms with Crippen LogP contribution in [0.5, 0.6) is 0 Å². The average Bonchev–Trinajstić information content (AvgIpc) is 2.35. The van der Waals surface area contributed by atoms with E-state index in [1.54, 1.807) is 11.8 Å². The lowest BCUT2D eigenvalue weighted by Crippen LogP contribution is -2.18. The summed E-state index contributed by atoms with van der Waals surface area (Å²) in [6.45, 7) is 4.20. The molecule has 0 saturated carbocycles. The fourth-order valence-corrected chi connectivity index (χ4v) is 3.43. The van der Waals surface area contributed by atoms with Crippen molar-refractivity contribution in [2.75, 3.05) is 0 Å². The summed E-state index contributed by atoms with van der Waals surface area (Å²) in [5.41, 5.74) is 8.52. The van der Waals surface area contributed by atoms with Crippen molar-refractivity contribution in [2.45, 2.75) is 36.1 Å². The van der Waals surface area contributed by atoms with Crippen molar-refractivity contribution < 1.29 is 0 Å². The summed E-state index contributed by atoms with van der Waals surface area (Å²) >= 11 is 5.36. The lowest BCUT2D eigenvalue weighted by atomic mass is 10.0. The Morgan fingerprint density at radius 1 is 1.21 bits per heavy atom. The summed E-state index contributed by atoms with van der Waals surface area (Å²) in [6, 6.07) is 15.1. The van der Waals surface area contributed by atoms with Gasteiger partial charge in [-0.25, -0.2) is 0 Å². The minimum Gasteiger partial charge on any atom is -0.328 e. The van der Waals surface area contributed by atoms with Crippen LogP contribution < -0.4 is 5.73 Å². The van der Waals surface area contributed by atoms with E-state index in [0.717, 1.165) is 10.9 Å². The molecular weight excluding hydrogens is 318 g/mol. The Bertz CT molecular complexity index is 566. The number of aryl methyl sites for hydroxylation is 1. The Balaban J connectivity index is 2.19. The molecule has 0 aliphatic rings. The molecular formula is C16H18BrNS. The smallest absolute Gasteiger partial charge is 0.0314 e. The Morgan fingerprint density at radius 3 is 2.58 bits per heavy atom. The maximum Gasteiger partial charge on any atom is 0.0314 e. The van der Waals surface area contributed by atoms with Crippen molar-refractivity contribution in [3.05, 3.63) is 58.1 Å². The third kappa shape index (κ3) is 4.10. The predicted molar refractivity (Wildman–Crippen MR) is 86.8 cm³/mol. The SMILES string of the molecule is Cc1cc(Sc2ccccc2Br)ccc1CC(C)N. The largest absolute Gasteiger partial charge is 0.328 e. The van der Waals surface area contributed by atoms with Crippen molar-refractivity contribution in [1.82, 2.24) is 0 Å². The molecule has 0 amide bonds. The maximum absolute atomic E-state index is 5.86. The number of halogens is 1. The second kappa shape index (κ2) is 6.60. The number of rotatable bonds is 4. The Hall–Kier alpha value is -0.770. The van der Waals surface area contributed by atoms with Crippen LogP contribution in [0.15, 0.2) is 56.7 Å². The van der Waals surface area contributed by atoms with E-state index in [1.807, 2.05) is 13.0 Å². The second-order valence-electron chi connectivity index (χ2n) is 4.80. The van der Waals surface area contributed by atoms with Crippen molar-refractivity contribution in [1.29, 1.82) is 0 Å². The summed E-state index contributed by atoms with van der Waals surface area (Å²) < 4.78 is 1.14. The van der Waals surface area contributed by atoms with Gasteiger partial charge >= 0.3 is 0 Å². The molecule has 0 spiro atoms. The summed E-state index contributed by atoms with van der Waals surface area (Å²) in [5.74, 6) is 0. The first-order chi connectivity index (χ1) is 9.06. The molecule has 0 fully saturated rings. The molecule has 2 aromatic carbocycles. The zero-order valence-corrected chi connectivity index (χ0v) is 13.6. The fourth-order valence-electron chi connectivity index (χ4n) is 1.96. The van der Waals surface area contributed by atoms with Crippen molar-refractivity contribution in [3.63, 3.8) is 0 Å². The lowest BCUT2D eigenvalue weighted by Gasteiger charge is -2.11. The number of benzene rings is 2. The van der Waals surface area contributed by atoms with Gasteiger partial charge in [-0.3, -0.25) is 0 Å². The first-order valence-electron chi connectivity index (χ1n) is 6.34. The molecule has 1 unspecified atom stereocenters. The molecule has 0 bridgehead atoms. The number of hydrogen-bond acceptors (Lipinski definition) is 2. The molecule has 0 saturated heterocycles. The standard InChI is InChI=1S/C16H18BrNS/c1-11-9-14(8-7-13(11)10-12(2)18)19-16-6-4-3-5-15(16)17/h3-9,12H,10,18H2,1-2H3. The topological polar surface area (TPSA) is 26.0 Å². The second-order valence-corrected chi connectivity index (χ2v) is 6.77. The van der Waals surface area contributed by atoms with Gasteiger partial charge in [0.25, 0.3) is 0 Å². The van der Waals surface area contributed by atoms with Gasteiger partial charge in [-0.1, -0.05) is 30.0 Å². The molecule has 19 heavy (non-hydrogen) atoms. The molecule has 0 aliphatic heterocycles. The van der Waals surface area contributed by atoms with Gasteiger partial charge in [0, 0.05) is 20.3 Å². The van der Waals surface area contributed by atoms with Crippen LogP contribution in [0, 0.1) is 6.92 Å². The van der Waals surface area contributed by atoms with E-state index in [2.05, 4.69) is 59.3 Å². The van der Waals surface area contributed by atoms with Gasteiger partial charge in [0.1, 0.15) is 0 Å². The third-order valence-electron chi connectivity index (χ3n) is 2.92. The van der Waals surface area contributed by atoms with Crippen LogP contribution in [0.3, 0.4) is 0 Å². The van der Waals surface area contributed by atoms with E-state index in [0.29, 0.717) is 0 Å². The lowest BCUT2D eigenvalue weighted by molar-refractivity contribution is 0.734. The molecule has 0 radical (unpaired) electrons. The monoisotopic (exact) mass is 335 g/mol. The van der Waals surface area contributed by atoms with E-state index in [1.165, 1.54) is 20.9 Å². The summed E-state index contributed by atoms with van der Waals surface area (Å²) in [6.07, 6.45) is 0.936. The highest BCUT2D eigenvalue weighted by Crippen LogP contribution is 2.34. The normalized spacial score (nSPS) is 12.4. The first kappa shape index (κ1) is 14.6. The van der Waals surface area contributed by atoms with Crippen LogP contribution in [0.2, 0.25) is 0 Å². The molecule has 0 heterocycles. The van der Waals surface area contributed by atoms with Crippen LogP contribution in [-0.4, -0.2) is 6.04 Å². The van der Waals surface area contributed by atoms with E-state index < -0.39 is 0 Å². The Kier molecular flexibility index (Phi) is 5.08. The third-order valence-corrected chi connectivity index (χ3v) is 4.94. The number of hydrogen-bond donors (Lipinski definition) is 1. The van der Waals surface area contributed by atoms with Gasteiger partial charge in [0.05, 0.1) is 0 Å². The van der Waals surface area contributed by atoms with Gasteiger partial charge < -0.3 is 5.73 Å². The van der Waals surface area contributed by atoms with Gasteiger partial charge in [-0.2, -0.15) is 0 Å². The molecule has 2 aromatic rings. The molecule has 1 nitrogen and oxygen atoms in total. The van der Waals surface area contributed by atoms with Crippen LogP contribution in [0.4, 0.5) is 0 Å². The Labute approximate surface area is 127 Å². The minimum absolute atomic E-state index is 0.209. The van der Waals surface area contributed by atoms with Gasteiger partial charge in [-0.05, 0) is 71.6 Å². The highest BCUT2D eigenvalue weighted by atomic mass is 79.9. The highest BCUT2D eigenvalue weighted by molar-refractivity contribution is 9.10. The maximum atomic E-state index is 5.86. The van der Waals surface area contributed by atoms with Crippen LogP contribution >= 0.6 is 27.7 Å². The zero-order valence-electron chi connectivity index (χ0n) is 11.2. The van der Waals surface area contributed by atoms with E-state index in [4.69, 9.17) is 5.73 Å². The number of nitrogens with two attached hydrogens (primary N) is 1. The molecule has 100 valence electrons. The highest BCUT2D eigenvalue weighted by Gasteiger charge is 2.05. The summed E-state index contributed by atoms with van der Waals surface area (Å²) in [7, 11) is 0. The molecule has 1 atom stereocenters. The van der Waals surface area contributed by atoms with E-state index in [-0.39, 0.29) is 6.04 Å². The zero-order chi connectivity index (χ0) is 13.8. The van der Waals surface area contributed by atoms with Gasteiger partial charge in [0.2, 0.25) is 0 Å². The average molecular weight is 336 g/mol. The molecule has 2 rings (SSSR count). The summed E-state index contributed by atoms with van der Waals surface area (Å²) in [4.78, 5) is 2.50. The van der Waals surface area contributed by atoms with Crippen molar-refractivity contribution in [3.8, 4) is 0 Å². The van der Waals surface area contributed by atoms with Crippen molar-refractivity contribution in [2.24, 2.45) is 5.73 Å². The molecule has 0 aromatic heterocycles. The minimum atomic E-state index is 0.209. The van der Waals surface area contributed by atoms with Crippen LogP contribution in [0.25, 0.3) is 0 Å². The Morgan fingerprint density at radius 2 is 1.95 bits per heavy atom. The molecule has 2 N–H and O–H groups in total. The molecule has 3 heteroatoms. The summed E-state index contributed by atoms with van der Waals surface area (Å²) in [5, 5.41) is 0.